The number of carbonyl (C=O) groups excluding carboxylic acids is 2. The molecule has 0 aliphatic rings. The average molecular weight is 283 g/mol. The number of nitro groups is 2. The maximum Gasteiger partial charge on any atom is 0.318 e. The summed E-state index contributed by atoms with van der Waals surface area (Å²) in [7, 11) is 1.07. The van der Waals surface area contributed by atoms with Gasteiger partial charge in [-0.2, -0.15) is 0 Å². The molecule has 0 unspecified atom stereocenters. The Balaban J connectivity index is 3.54. The molecule has 1 aromatic carbocycles. The monoisotopic (exact) mass is 283 g/mol. The molecule has 1 aromatic rings. The van der Waals surface area contributed by atoms with Crippen LogP contribution in [0.2, 0.25) is 0 Å². The van der Waals surface area contributed by atoms with Gasteiger partial charge in [0.05, 0.1) is 28.6 Å². The SMILES string of the molecule is COc1c(C(=O)NC(C)=O)cc([N+](=O)[O-])cc1[N+](=O)[O-]. The van der Waals surface area contributed by atoms with Gasteiger partial charge in [-0.25, -0.2) is 0 Å². The Bertz CT molecular complexity index is 611. The normalized spacial score (nSPS) is 9.70. The van der Waals surface area contributed by atoms with E-state index in [1.165, 1.54) is 0 Å². The second-order valence-corrected chi connectivity index (χ2v) is 3.57. The predicted molar refractivity (Wildman–Crippen MR) is 64.5 cm³/mol. The third kappa shape index (κ3) is 3.04. The summed E-state index contributed by atoms with van der Waals surface area (Å²) >= 11 is 0. The van der Waals surface area contributed by atoms with Gasteiger partial charge in [-0.3, -0.25) is 35.1 Å². The number of carbonyl (C=O) groups is 2. The Labute approximate surface area is 111 Å². The largest absolute Gasteiger partial charge is 0.490 e. The summed E-state index contributed by atoms with van der Waals surface area (Å²) in [5.41, 5.74) is -1.87. The highest BCUT2D eigenvalue weighted by molar-refractivity contribution is 6.06. The van der Waals surface area contributed by atoms with E-state index in [0.29, 0.717) is 6.07 Å². The highest BCUT2D eigenvalue weighted by Crippen LogP contribution is 2.35. The van der Waals surface area contributed by atoms with Gasteiger partial charge in [0.15, 0.2) is 0 Å². The van der Waals surface area contributed by atoms with Gasteiger partial charge >= 0.3 is 5.69 Å². The number of nitrogens with zero attached hydrogens (tertiary/aromatic N) is 2. The lowest BCUT2D eigenvalue weighted by atomic mass is 10.1. The van der Waals surface area contributed by atoms with Crippen molar-refractivity contribution in [2.45, 2.75) is 6.92 Å². The van der Waals surface area contributed by atoms with Crippen molar-refractivity contribution in [2.75, 3.05) is 7.11 Å². The van der Waals surface area contributed by atoms with Crippen LogP contribution in [-0.4, -0.2) is 28.8 Å². The van der Waals surface area contributed by atoms with E-state index < -0.39 is 44.3 Å². The summed E-state index contributed by atoms with van der Waals surface area (Å²) < 4.78 is 4.74. The minimum atomic E-state index is -1.03. The molecule has 0 spiro atoms. The fraction of sp³-hybridized carbons (Fsp3) is 0.200. The van der Waals surface area contributed by atoms with Crippen LogP contribution in [0.5, 0.6) is 5.75 Å². The van der Waals surface area contributed by atoms with E-state index in [9.17, 15) is 29.8 Å². The van der Waals surface area contributed by atoms with Crippen LogP contribution in [0, 0.1) is 20.2 Å². The number of methoxy groups -OCH3 is 1. The van der Waals surface area contributed by atoms with Crippen molar-refractivity contribution in [3.05, 3.63) is 37.9 Å². The van der Waals surface area contributed by atoms with Crippen molar-refractivity contribution >= 4 is 23.2 Å². The molecular formula is C10H9N3O7. The Morgan fingerprint density at radius 3 is 2.20 bits per heavy atom. The van der Waals surface area contributed by atoms with Crippen molar-refractivity contribution in [2.24, 2.45) is 0 Å². The molecule has 1 N–H and O–H groups in total. The molecule has 10 heteroatoms. The second-order valence-electron chi connectivity index (χ2n) is 3.57. The number of hydrogen-bond donors (Lipinski definition) is 1. The van der Waals surface area contributed by atoms with Gasteiger partial charge in [0.1, 0.15) is 0 Å². The number of ether oxygens (including phenoxy) is 1. The van der Waals surface area contributed by atoms with Crippen LogP contribution < -0.4 is 10.1 Å². The summed E-state index contributed by atoms with van der Waals surface area (Å²) in [6, 6.07) is 1.47. The number of non-ortho nitro benzene ring substituents is 1. The van der Waals surface area contributed by atoms with Gasteiger partial charge < -0.3 is 4.74 Å². The zero-order chi connectivity index (χ0) is 15.4. The Kier molecular flexibility index (Phi) is 4.31. The lowest BCUT2D eigenvalue weighted by molar-refractivity contribution is -0.394. The molecule has 0 radical (unpaired) electrons. The summed E-state index contributed by atoms with van der Waals surface area (Å²) in [6.07, 6.45) is 0. The van der Waals surface area contributed by atoms with Crippen molar-refractivity contribution in [3.63, 3.8) is 0 Å². The van der Waals surface area contributed by atoms with E-state index in [-0.39, 0.29) is 0 Å². The minimum Gasteiger partial charge on any atom is -0.490 e. The van der Waals surface area contributed by atoms with Gasteiger partial charge in [-0.15, -0.1) is 0 Å². The fourth-order valence-electron chi connectivity index (χ4n) is 1.45. The molecule has 0 aliphatic carbocycles. The number of imide groups is 1. The number of nitrogens with one attached hydrogen (secondary N) is 1. The molecule has 0 aromatic heterocycles. The predicted octanol–water partition coefficient (Wildman–Crippen LogP) is 0.788. The first-order chi connectivity index (χ1) is 9.27. The van der Waals surface area contributed by atoms with Crippen molar-refractivity contribution in [3.8, 4) is 5.75 Å². The molecule has 0 aliphatic heterocycles. The van der Waals surface area contributed by atoms with E-state index in [1.807, 2.05) is 5.32 Å². The quantitative estimate of drug-likeness (QED) is 0.635. The van der Waals surface area contributed by atoms with Crippen LogP contribution >= 0.6 is 0 Å². The highest BCUT2D eigenvalue weighted by Gasteiger charge is 2.28. The van der Waals surface area contributed by atoms with Crippen molar-refractivity contribution in [1.29, 1.82) is 0 Å². The maximum absolute atomic E-state index is 11.7. The Morgan fingerprint density at radius 1 is 1.20 bits per heavy atom. The van der Waals surface area contributed by atoms with Gasteiger partial charge in [0.2, 0.25) is 11.7 Å². The molecule has 0 atom stereocenters. The van der Waals surface area contributed by atoms with Gasteiger partial charge in [0.25, 0.3) is 11.6 Å². The molecular weight excluding hydrogens is 274 g/mol. The molecule has 0 fully saturated rings. The number of amides is 2. The molecule has 0 saturated heterocycles. The Hall–Kier alpha value is -3.04. The van der Waals surface area contributed by atoms with Crippen LogP contribution in [0.25, 0.3) is 0 Å². The van der Waals surface area contributed by atoms with E-state index in [4.69, 9.17) is 4.74 Å². The van der Waals surface area contributed by atoms with E-state index in [2.05, 4.69) is 0 Å². The maximum atomic E-state index is 11.7. The van der Waals surface area contributed by atoms with Crippen LogP contribution in [0.4, 0.5) is 11.4 Å². The Morgan fingerprint density at radius 2 is 1.80 bits per heavy atom. The van der Waals surface area contributed by atoms with E-state index in [0.717, 1.165) is 20.1 Å². The van der Waals surface area contributed by atoms with Gasteiger partial charge in [-0.05, 0) is 0 Å². The first kappa shape index (κ1) is 15.0. The van der Waals surface area contributed by atoms with Crippen molar-refractivity contribution < 1.29 is 24.2 Å². The van der Waals surface area contributed by atoms with Crippen LogP contribution in [0.1, 0.15) is 17.3 Å². The molecule has 106 valence electrons. The summed E-state index contributed by atoms with van der Waals surface area (Å²) in [6.45, 7) is 1.05. The van der Waals surface area contributed by atoms with Crippen LogP contribution in [-0.2, 0) is 4.79 Å². The number of rotatable bonds is 4. The number of benzene rings is 1. The number of hydrogen-bond acceptors (Lipinski definition) is 7. The summed E-state index contributed by atoms with van der Waals surface area (Å²) in [4.78, 5) is 42.3. The van der Waals surface area contributed by atoms with E-state index in [1.54, 1.807) is 0 Å². The summed E-state index contributed by atoms with van der Waals surface area (Å²) in [5, 5.41) is 23.4. The van der Waals surface area contributed by atoms with E-state index >= 15 is 0 Å². The summed E-state index contributed by atoms with van der Waals surface area (Å²) in [5.74, 6) is -2.20. The third-order valence-corrected chi connectivity index (χ3v) is 2.20. The molecule has 0 heterocycles. The topological polar surface area (TPSA) is 142 Å². The highest BCUT2D eigenvalue weighted by atomic mass is 16.6. The number of nitro benzene ring substituents is 2. The zero-order valence-electron chi connectivity index (χ0n) is 10.4. The second kappa shape index (κ2) is 5.73. The first-order valence-electron chi connectivity index (χ1n) is 5.10. The molecule has 1 rings (SSSR count). The molecule has 0 saturated carbocycles. The molecule has 0 bridgehead atoms. The lowest BCUT2D eigenvalue weighted by Gasteiger charge is -2.08. The molecule has 10 nitrogen and oxygen atoms in total. The smallest absolute Gasteiger partial charge is 0.318 e. The van der Waals surface area contributed by atoms with Crippen LogP contribution in [0.15, 0.2) is 12.1 Å². The lowest BCUT2D eigenvalue weighted by Crippen LogP contribution is -2.28. The fourth-order valence-corrected chi connectivity index (χ4v) is 1.45. The third-order valence-electron chi connectivity index (χ3n) is 2.20. The first-order valence-corrected chi connectivity index (χ1v) is 5.10. The average Bonchev–Trinajstić information content (AvgIpc) is 2.35. The van der Waals surface area contributed by atoms with Crippen LogP contribution in [0.3, 0.4) is 0 Å². The molecule has 20 heavy (non-hydrogen) atoms. The van der Waals surface area contributed by atoms with Gasteiger partial charge in [0, 0.05) is 13.0 Å². The van der Waals surface area contributed by atoms with Gasteiger partial charge in [-0.1, -0.05) is 0 Å². The van der Waals surface area contributed by atoms with Crippen molar-refractivity contribution in [1.82, 2.24) is 5.32 Å². The standard InChI is InChI=1S/C10H9N3O7/c1-5(14)11-10(15)7-3-6(12(16)17)4-8(13(18)19)9(7)20-2/h3-4H,1-2H3,(H,11,14,15). The minimum absolute atomic E-state index is 0.459. The molecule has 2 amide bonds. The zero-order valence-corrected chi connectivity index (χ0v) is 10.4.